The maximum Gasteiger partial charge on any atom is 0.280 e. The van der Waals surface area contributed by atoms with Crippen molar-refractivity contribution in [1.82, 2.24) is 19.5 Å². The summed E-state index contributed by atoms with van der Waals surface area (Å²) in [5.41, 5.74) is 5.23. The number of nitrogens with two attached hydrogens (primary N) is 1. The van der Waals surface area contributed by atoms with Crippen LogP contribution in [0.4, 0.5) is 5.95 Å². The first kappa shape index (κ1) is 15.2. The van der Waals surface area contributed by atoms with Crippen molar-refractivity contribution < 1.29 is 20.1 Å². The van der Waals surface area contributed by atoms with Gasteiger partial charge in [0.1, 0.15) is 18.3 Å². The lowest BCUT2D eigenvalue weighted by atomic mass is 10.1. The van der Waals surface area contributed by atoms with Gasteiger partial charge >= 0.3 is 0 Å². The van der Waals surface area contributed by atoms with Crippen LogP contribution < -0.4 is 11.3 Å². The van der Waals surface area contributed by atoms with Crippen LogP contribution in [0.1, 0.15) is 6.23 Å². The molecule has 22 heavy (non-hydrogen) atoms. The fraction of sp³-hybridized carbons (Fsp3) is 0.545. The summed E-state index contributed by atoms with van der Waals surface area (Å²) in [4.78, 5) is 22.4. The highest BCUT2D eigenvalue weighted by molar-refractivity contribution is 7.98. The Hall–Kier alpha value is -1.66. The highest BCUT2D eigenvalue weighted by Crippen LogP contribution is 2.34. The molecule has 0 amide bonds. The number of imidazole rings is 1. The van der Waals surface area contributed by atoms with Crippen molar-refractivity contribution in [3.05, 3.63) is 10.4 Å². The van der Waals surface area contributed by atoms with Crippen molar-refractivity contribution in [2.24, 2.45) is 0 Å². The standard InChI is InChI=1S/C11H15N5O5S/c1-22-11-13-4-7(14-10(12)15-8(4)20)16(11)9-6(19)5(18)3(2-17)21-9/h3,5-6,9,17-19H,2H2,1H3,(H3,12,14,15,20)/t3-,5-,6-,9?/m1/s1. The summed E-state index contributed by atoms with van der Waals surface area (Å²) in [6.45, 7) is -0.452. The Morgan fingerprint density at radius 2 is 2.14 bits per heavy atom. The first-order valence-corrected chi connectivity index (χ1v) is 7.64. The fourth-order valence-electron chi connectivity index (χ4n) is 2.45. The molecule has 120 valence electrons. The first-order chi connectivity index (χ1) is 10.5. The van der Waals surface area contributed by atoms with Gasteiger partial charge in [-0.2, -0.15) is 4.98 Å². The highest BCUT2D eigenvalue weighted by atomic mass is 32.2. The predicted octanol–water partition coefficient (Wildman–Crippen LogP) is -1.96. The summed E-state index contributed by atoms with van der Waals surface area (Å²) in [5, 5.41) is 29.6. The Bertz CT molecular complexity index is 761. The van der Waals surface area contributed by atoms with Crippen LogP contribution in [0.2, 0.25) is 0 Å². The van der Waals surface area contributed by atoms with E-state index in [1.807, 2.05) is 0 Å². The van der Waals surface area contributed by atoms with Crippen molar-refractivity contribution in [1.29, 1.82) is 0 Å². The average Bonchev–Trinajstić information content (AvgIpc) is 2.98. The second kappa shape index (κ2) is 5.52. The lowest BCUT2D eigenvalue weighted by molar-refractivity contribution is -0.0548. The van der Waals surface area contributed by atoms with Gasteiger partial charge in [0, 0.05) is 0 Å². The normalized spacial score (nSPS) is 28.5. The molecular formula is C11H15N5O5S. The quantitative estimate of drug-likeness (QED) is 0.403. The third-order valence-corrected chi connectivity index (χ3v) is 4.14. The summed E-state index contributed by atoms with van der Waals surface area (Å²) in [6, 6.07) is 0. The molecule has 2 aromatic rings. The number of anilines is 1. The van der Waals surface area contributed by atoms with E-state index >= 15 is 0 Å². The number of hydrogen-bond donors (Lipinski definition) is 5. The number of aromatic nitrogens is 4. The Balaban J connectivity index is 2.20. The van der Waals surface area contributed by atoms with Gasteiger partial charge in [0.15, 0.2) is 22.5 Å². The van der Waals surface area contributed by atoms with E-state index in [9.17, 15) is 20.1 Å². The van der Waals surface area contributed by atoms with Crippen LogP contribution in [0.15, 0.2) is 9.95 Å². The zero-order valence-corrected chi connectivity index (χ0v) is 12.3. The van der Waals surface area contributed by atoms with Crippen LogP contribution in [0, 0.1) is 0 Å². The van der Waals surface area contributed by atoms with E-state index in [1.165, 1.54) is 16.3 Å². The van der Waals surface area contributed by atoms with Gasteiger partial charge in [0.2, 0.25) is 5.95 Å². The Morgan fingerprint density at radius 1 is 1.41 bits per heavy atom. The van der Waals surface area contributed by atoms with E-state index < -0.39 is 36.7 Å². The van der Waals surface area contributed by atoms with Crippen LogP contribution >= 0.6 is 11.8 Å². The van der Waals surface area contributed by atoms with Gasteiger partial charge in [0.05, 0.1) is 6.61 Å². The van der Waals surface area contributed by atoms with E-state index in [2.05, 4.69) is 15.0 Å². The molecule has 2 aromatic heterocycles. The summed E-state index contributed by atoms with van der Waals surface area (Å²) in [6.07, 6.45) is -2.81. The number of hydrogen-bond acceptors (Lipinski definition) is 9. The van der Waals surface area contributed by atoms with Gasteiger partial charge in [-0.25, -0.2) is 4.98 Å². The molecule has 0 aliphatic carbocycles. The number of nitrogen functional groups attached to an aromatic ring is 1. The summed E-state index contributed by atoms with van der Waals surface area (Å²) in [5.74, 6) is -0.0990. The lowest BCUT2D eigenvalue weighted by Crippen LogP contribution is -2.33. The molecule has 3 rings (SSSR count). The third kappa shape index (κ3) is 2.18. The SMILES string of the molecule is CSc1nc2c(=O)[nH]c(N)nc2n1C1O[C@H](CO)[C@@H](O)[C@H]1O. The average molecular weight is 329 g/mol. The van der Waals surface area contributed by atoms with E-state index in [1.54, 1.807) is 6.26 Å². The van der Waals surface area contributed by atoms with Crippen molar-refractivity contribution >= 4 is 28.9 Å². The fourth-order valence-corrected chi connectivity index (χ4v) is 3.02. The minimum absolute atomic E-state index is 0.0521. The van der Waals surface area contributed by atoms with E-state index in [0.29, 0.717) is 5.16 Å². The van der Waals surface area contributed by atoms with E-state index in [-0.39, 0.29) is 17.1 Å². The molecule has 0 radical (unpaired) electrons. The Morgan fingerprint density at radius 3 is 2.73 bits per heavy atom. The molecular weight excluding hydrogens is 314 g/mol. The number of rotatable bonds is 3. The number of thioether (sulfide) groups is 1. The van der Waals surface area contributed by atoms with Gasteiger partial charge in [-0.05, 0) is 6.26 Å². The molecule has 10 nitrogen and oxygen atoms in total. The van der Waals surface area contributed by atoms with Crippen LogP contribution in [0.25, 0.3) is 11.2 Å². The molecule has 0 bridgehead atoms. The molecule has 1 aliphatic rings. The van der Waals surface area contributed by atoms with E-state index in [0.717, 1.165) is 0 Å². The molecule has 0 saturated carbocycles. The van der Waals surface area contributed by atoms with Crippen molar-refractivity contribution in [3.63, 3.8) is 0 Å². The van der Waals surface area contributed by atoms with E-state index in [4.69, 9.17) is 10.5 Å². The van der Waals surface area contributed by atoms with Crippen LogP contribution in [-0.4, -0.2) is 66.0 Å². The topological polar surface area (TPSA) is 160 Å². The van der Waals surface area contributed by atoms with Crippen molar-refractivity contribution in [3.8, 4) is 0 Å². The molecule has 1 saturated heterocycles. The predicted molar refractivity (Wildman–Crippen MR) is 77.4 cm³/mol. The zero-order valence-electron chi connectivity index (χ0n) is 11.5. The molecule has 1 fully saturated rings. The minimum atomic E-state index is -1.30. The number of aromatic amines is 1. The second-order valence-electron chi connectivity index (χ2n) is 4.82. The first-order valence-electron chi connectivity index (χ1n) is 6.42. The number of aliphatic hydroxyl groups excluding tert-OH is 3. The molecule has 4 atom stereocenters. The summed E-state index contributed by atoms with van der Waals surface area (Å²) in [7, 11) is 0. The summed E-state index contributed by atoms with van der Waals surface area (Å²) >= 11 is 1.22. The van der Waals surface area contributed by atoms with Crippen molar-refractivity contribution in [2.45, 2.75) is 29.7 Å². The zero-order chi connectivity index (χ0) is 16.0. The van der Waals surface area contributed by atoms with Gasteiger partial charge in [0.25, 0.3) is 5.56 Å². The lowest BCUT2D eigenvalue weighted by Gasteiger charge is -2.18. The maximum absolute atomic E-state index is 11.9. The molecule has 1 unspecified atom stereocenters. The maximum atomic E-state index is 11.9. The van der Waals surface area contributed by atoms with Gasteiger partial charge < -0.3 is 25.8 Å². The van der Waals surface area contributed by atoms with Gasteiger partial charge in [-0.3, -0.25) is 14.3 Å². The van der Waals surface area contributed by atoms with Crippen LogP contribution in [-0.2, 0) is 4.74 Å². The number of fused-ring (bicyclic) bond motifs is 1. The van der Waals surface area contributed by atoms with Crippen LogP contribution in [0.5, 0.6) is 0 Å². The monoisotopic (exact) mass is 329 g/mol. The van der Waals surface area contributed by atoms with Crippen LogP contribution in [0.3, 0.4) is 0 Å². The largest absolute Gasteiger partial charge is 0.394 e. The number of nitrogens with zero attached hydrogens (tertiary/aromatic N) is 3. The highest BCUT2D eigenvalue weighted by Gasteiger charge is 2.45. The molecule has 0 aromatic carbocycles. The van der Waals surface area contributed by atoms with Gasteiger partial charge in [-0.1, -0.05) is 11.8 Å². The van der Waals surface area contributed by atoms with Crippen molar-refractivity contribution in [2.75, 3.05) is 18.6 Å². The Kier molecular flexibility index (Phi) is 3.82. The summed E-state index contributed by atoms with van der Waals surface area (Å²) < 4.78 is 6.87. The molecule has 3 heterocycles. The minimum Gasteiger partial charge on any atom is -0.394 e. The third-order valence-electron chi connectivity index (χ3n) is 3.49. The molecule has 1 aliphatic heterocycles. The molecule has 11 heteroatoms. The number of ether oxygens (including phenoxy) is 1. The smallest absolute Gasteiger partial charge is 0.280 e. The van der Waals surface area contributed by atoms with Gasteiger partial charge in [-0.15, -0.1) is 0 Å². The number of nitrogens with one attached hydrogen (secondary N) is 1. The number of H-pyrrole nitrogens is 1. The Labute approximate surface area is 127 Å². The second-order valence-corrected chi connectivity index (χ2v) is 5.59. The number of aliphatic hydroxyl groups is 3. The molecule has 0 spiro atoms. The molecule has 6 N–H and O–H groups in total.